The molecule has 0 bridgehead atoms. The zero-order valence-electron chi connectivity index (χ0n) is 28.9. The molecule has 0 aromatic rings. The summed E-state index contributed by atoms with van der Waals surface area (Å²) in [5.41, 5.74) is 2.84. The maximum atomic E-state index is 12.9. The molecule has 12 atom stereocenters. The minimum atomic E-state index is -0.666. The Labute approximate surface area is 281 Å². The maximum absolute atomic E-state index is 12.9. The minimum absolute atomic E-state index is 0.109. The lowest BCUT2D eigenvalue weighted by atomic mass is 9.49. The van der Waals surface area contributed by atoms with E-state index in [2.05, 4.69) is 24.8 Å². The molecule has 9 rings (SSSR count). The van der Waals surface area contributed by atoms with Gasteiger partial charge in [-0.3, -0.25) is 14.5 Å². The molecule has 2 spiro atoms. The van der Waals surface area contributed by atoms with Crippen molar-refractivity contribution in [1.82, 2.24) is 9.80 Å². The Balaban J connectivity index is 0.862. The summed E-state index contributed by atoms with van der Waals surface area (Å²) in [5, 5.41) is 9.72. The molecule has 6 aliphatic carbocycles. The molecular formula is C39H58N2O6. The van der Waals surface area contributed by atoms with Crippen LogP contribution in [0, 0.1) is 45.8 Å². The van der Waals surface area contributed by atoms with Gasteiger partial charge in [-0.1, -0.05) is 13.0 Å². The number of carboxylic acid groups (broad SMARTS) is 1. The van der Waals surface area contributed by atoms with E-state index in [0.717, 1.165) is 50.6 Å². The SMILES string of the molecule is C/C=C1/C(OC2CN(C(=O)CC3CC3)CCO2)CCC23CC24CCC2(C)C5CCC(CN6CCCC6C(=O)O)OC5CC2C4CCC13. The predicted octanol–water partition coefficient (Wildman–Crippen LogP) is 6.03. The second-order valence-electron chi connectivity index (χ2n) is 17.8. The molecule has 260 valence electrons. The summed E-state index contributed by atoms with van der Waals surface area (Å²) in [5.74, 6) is 3.07. The lowest BCUT2D eigenvalue weighted by molar-refractivity contribution is -0.205. The summed E-state index contributed by atoms with van der Waals surface area (Å²) >= 11 is 0. The number of carboxylic acids is 1. The van der Waals surface area contributed by atoms with Crippen LogP contribution in [0.1, 0.15) is 110 Å². The number of carbonyl (C=O) groups is 2. The van der Waals surface area contributed by atoms with Gasteiger partial charge in [0.25, 0.3) is 0 Å². The number of ether oxygens (including phenoxy) is 3. The molecule has 8 heteroatoms. The first kappa shape index (κ1) is 31.5. The van der Waals surface area contributed by atoms with Gasteiger partial charge in [0.15, 0.2) is 6.29 Å². The molecule has 3 aliphatic heterocycles. The van der Waals surface area contributed by atoms with Gasteiger partial charge >= 0.3 is 5.97 Å². The lowest BCUT2D eigenvalue weighted by Crippen LogP contribution is -2.51. The summed E-state index contributed by atoms with van der Waals surface area (Å²) < 4.78 is 19.8. The first-order chi connectivity index (χ1) is 22.7. The van der Waals surface area contributed by atoms with Crippen molar-refractivity contribution in [3.8, 4) is 0 Å². The number of rotatable bonds is 7. The van der Waals surface area contributed by atoms with E-state index in [1.54, 1.807) is 0 Å². The molecule has 1 N–H and O–H groups in total. The molecule has 3 saturated heterocycles. The van der Waals surface area contributed by atoms with Crippen LogP contribution >= 0.6 is 0 Å². The molecule has 3 heterocycles. The lowest BCUT2D eigenvalue weighted by Gasteiger charge is -2.56. The number of hydrogen-bond acceptors (Lipinski definition) is 6. The standard InChI is InChI=1S/C39H58N2O6/c1-3-26-27-10-11-28-30-20-33-29(9-8-25(46-33)21-40-16-4-5-31(40)36(43)44)37(30,2)14-15-39(28)23-38(27,39)13-12-32(26)47-35-22-41(17-18-45-35)34(42)19-24-6-7-24/h3,24-25,27-33,35H,4-23H2,1-2H3,(H,43,44)/b26-3+. The highest BCUT2D eigenvalue weighted by atomic mass is 16.7. The van der Waals surface area contributed by atoms with Crippen LogP contribution in [-0.2, 0) is 23.8 Å². The highest BCUT2D eigenvalue weighted by molar-refractivity contribution is 5.76. The van der Waals surface area contributed by atoms with Crippen LogP contribution in [-0.4, -0.2) is 90.2 Å². The molecule has 1 amide bonds. The summed E-state index contributed by atoms with van der Waals surface area (Å²) in [6.07, 6.45) is 20.2. The van der Waals surface area contributed by atoms with Crippen molar-refractivity contribution in [3.05, 3.63) is 11.6 Å². The van der Waals surface area contributed by atoms with E-state index in [4.69, 9.17) is 14.2 Å². The number of fused-ring (bicyclic) bond motifs is 4. The fraction of sp³-hybridized carbons (Fsp3) is 0.897. The third kappa shape index (κ3) is 4.95. The Morgan fingerprint density at radius 3 is 2.64 bits per heavy atom. The average Bonchev–Trinajstić information content (AvgIpc) is 3.92. The molecule has 12 unspecified atom stereocenters. The third-order valence-corrected chi connectivity index (χ3v) is 15.9. The largest absolute Gasteiger partial charge is 0.480 e. The number of allylic oxidation sites excluding steroid dienone is 1. The molecule has 9 aliphatic rings. The van der Waals surface area contributed by atoms with Crippen molar-refractivity contribution in [1.29, 1.82) is 0 Å². The van der Waals surface area contributed by atoms with Gasteiger partial charge in [0.1, 0.15) is 6.04 Å². The minimum Gasteiger partial charge on any atom is -0.480 e. The van der Waals surface area contributed by atoms with E-state index in [1.165, 1.54) is 69.8 Å². The summed E-state index contributed by atoms with van der Waals surface area (Å²) in [7, 11) is 0. The maximum Gasteiger partial charge on any atom is 0.320 e. The average molecular weight is 651 g/mol. The zero-order valence-corrected chi connectivity index (χ0v) is 28.9. The quantitative estimate of drug-likeness (QED) is 0.337. The van der Waals surface area contributed by atoms with E-state index in [1.807, 2.05) is 4.90 Å². The monoisotopic (exact) mass is 650 g/mol. The number of likely N-dealkylation sites (tertiary alicyclic amines) is 1. The normalized spacial score (nSPS) is 49.9. The number of hydrogen-bond donors (Lipinski definition) is 1. The van der Waals surface area contributed by atoms with E-state index in [0.29, 0.717) is 66.2 Å². The summed E-state index contributed by atoms with van der Waals surface area (Å²) in [6.45, 7) is 8.38. The molecule has 0 aromatic heterocycles. The van der Waals surface area contributed by atoms with Crippen molar-refractivity contribution in [2.24, 2.45) is 45.8 Å². The fourth-order valence-electron chi connectivity index (χ4n) is 13.6. The first-order valence-corrected chi connectivity index (χ1v) is 19.6. The van der Waals surface area contributed by atoms with E-state index in [-0.39, 0.29) is 30.4 Å². The molecule has 0 radical (unpaired) electrons. The fourth-order valence-corrected chi connectivity index (χ4v) is 13.6. The second-order valence-corrected chi connectivity index (χ2v) is 17.8. The summed E-state index contributed by atoms with van der Waals surface area (Å²) in [4.78, 5) is 28.9. The number of aliphatic carboxylic acids is 1. The Bertz CT molecular complexity index is 1300. The van der Waals surface area contributed by atoms with E-state index < -0.39 is 5.97 Å². The molecule has 6 saturated carbocycles. The Hall–Kier alpha value is -1.48. The highest BCUT2D eigenvalue weighted by Gasteiger charge is 2.79. The third-order valence-electron chi connectivity index (χ3n) is 15.9. The first-order valence-electron chi connectivity index (χ1n) is 19.6. The molecule has 8 nitrogen and oxygen atoms in total. The number of amides is 1. The molecule has 9 fully saturated rings. The highest BCUT2D eigenvalue weighted by Crippen LogP contribution is 2.86. The van der Waals surface area contributed by atoms with Crippen LogP contribution in [0.25, 0.3) is 0 Å². The number of nitrogens with zero attached hydrogens (tertiary/aromatic N) is 2. The van der Waals surface area contributed by atoms with Crippen molar-refractivity contribution in [3.63, 3.8) is 0 Å². The van der Waals surface area contributed by atoms with Gasteiger partial charge in [-0.05, 0) is 155 Å². The van der Waals surface area contributed by atoms with Crippen LogP contribution in [0.2, 0.25) is 0 Å². The summed E-state index contributed by atoms with van der Waals surface area (Å²) in [6, 6.07) is -0.324. The van der Waals surface area contributed by atoms with Crippen molar-refractivity contribution in [2.45, 2.75) is 141 Å². The topological polar surface area (TPSA) is 88.5 Å². The number of morpholine rings is 1. The van der Waals surface area contributed by atoms with Crippen molar-refractivity contribution < 1.29 is 28.9 Å². The van der Waals surface area contributed by atoms with Crippen LogP contribution in [0.15, 0.2) is 11.6 Å². The van der Waals surface area contributed by atoms with Crippen LogP contribution in [0.3, 0.4) is 0 Å². The van der Waals surface area contributed by atoms with Gasteiger partial charge in [0.2, 0.25) is 5.91 Å². The van der Waals surface area contributed by atoms with E-state index in [9.17, 15) is 14.7 Å². The molecular weight excluding hydrogens is 592 g/mol. The Kier molecular flexibility index (Phi) is 7.73. The van der Waals surface area contributed by atoms with Gasteiger partial charge in [-0.25, -0.2) is 0 Å². The Morgan fingerprint density at radius 2 is 1.83 bits per heavy atom. The van der Waals surface area contributed by atoms with Crippen LogP contribution in [0.4, 0.5) is 0 Å². The predicted molar refractivity (Wildman–Crippen MR) is 176 cm³/mol. The zero-order chi connectivity index (χ0) is 32.1. The van der Waals surface area contributed by atoms with Crippen LogP contribution < -0.4 is 0 Å². The van der Waals surface area contributed by atoms with Crippen molar-refractivity contribution >= 4 is 11.9 Å². The van der Waals surface area contributed by atoms with E-state index >= 15 is 0 Å². The van der Waals surface area contributed by atoms with Gasteiger partial charge in [0, 0.05) is 19.5 Å². The molecule has 47 heavy (non-hydrogen) atoms. The van der Waals surface area contributed by atoms with Gasteiger partial charge in [0.05, 0.1) is 31.5 Å². The number of carbonyl (C=O) groups excluding carboxylic acids is 1. The van der Waals surface area contributed by atoms with Gasteiger partial charge < -0.3 is 24.2 Å². The van der Waals surface area contributed by atoms with Crippen LogP contribution in [0.5, 0.6) is 0 Å². The smallest absolute Gasteiger partial charge is 0.320 e. The van der Waals surface area contributed by atoms with Crippen molar-refractivity contribution in [2.75, 3.05) is 32.8 Å². The molecule has 0 aromatic carbocycles. The Morgan fingerprint density at radius 1 is 0.979 bits per heavy atom. The van der Waals surface area contributed by atoms with Gasteiger partial charge in [-0.15, -0.1) is 0 Å². The van der Waals surface area contributed by atoms with Gasteiger partial charge in [-0.2, -0.15) is 0 Å². The second kappa shape index (κ2) is 11.5.